The van der Waals surface area contributed by atoms with Gasteiger partial charge in [0.1, 0.15) is 5.75 Å². The second kappa shape index (κ2) is 12.3. The third-order valence-corrected chi connectivity index (χ3v) is 5.50. The van der Waals surface area contributed by atoms with Crippen molar-refractivity contribution in [2.45, 2.75) is 46.1 Å². The van der Waals surface area contributed by atoms with Crippen LogP contribution >= 0.6 is 0 Å². The molecular weight excluding hydrogens is 396 g/mol. The summed E-state index contributed by atoms with van der Waals surface area (Å²) in [5.74, 6) is 0.929. The van der Waals surface area contributed by atoms with E-state index in [1.807, 2.05) is 47.9 Å². The number of amides is 4. The Balaban J connectivity index is 1.78. The number of rotatable bonds is 8. The summed E-state index contributed by atoms with van der Waals surface area (Å²) in [4.78, 5) is 40.9. The van der Waals surface area contributed by atoms with E-state index in [4.69, 9.17) is 4.74 Å². The quantitative estimate of drug-likeness (QED) is 0.656. The van der Waals surface area contributed by atoms with E-state index >= 15 is 0 Å². The fourth-order valence-corrected chi connectivity index (χ4v) is 3.50. The topological polar surface area (TPSA) is 91.0 Å². The van der Waals surface area contributed by atoms with Gasteiger partial charge in [-0.15, -0.1) is 0 Å². The molecule has 0 aromatic heterocycles. The van der Waals surface area contributed by atoms with Crippen molar-refractivity contribution < 1.29 is 19.1 Å². The van der Waals surface area contributed by atoms with Crippen LogP contribution in [0.3, 0.4) is 0 Å². The highest BCUT2D eigenvalue weighted by molar-refractivity contribution is 5.96. The molecule has 0 saturated carbocycles. The minimum atomic E-state index is -0.462. The summed E-state index contributed by atoms with van der Waals surface area (Å²) in [6.45, 7) is 8.88. The third-order valence-electron chi connectivity index (χ3n) is 5.50. The van der Waals surface area contributed by atoms with E-state index < -0.39 is 12.1 Å². The molecule has 1 heterocycles. The normalized spacial score (nSPS) is 15.8. The van der Waals surface area contributed by atoms with Crippen LogP contribution in [0.2, 0.25) is 0 Å². The number of methoxy groups -OCH3 is 1. The molecule has 1 aliphatic heterocycles. The van der Waals surface area contributed by atoms with Crippen molar-refractivity contribution in [1.82, 2.24) is 20.4 Å². The lowest BCUT2D eigenvalue weighted by Crippen LogP contribution is -2.50. The number of hydrogen-bond acceptors (Lipinski definition) is 5. The zero-order valence-corrected chi connectivity index (χ0v) is 19.1. The number of carbonyl (C=O) groups is 3. The van der Waals surface area contributed by atoms with Crippen molar-refractivity contribution in [1.29, 1.82) is 0 Å². The molecule has 172 valence electrons. The summed E-state index contributed by atoms with van der Waals surface area (Å²) >= 11 is 0. The van der Waals surface area contributed by atoms with Crippen molar-refractivity contribution in [2.75, 3.05) is 39.8 Å². The second-order valence-electron chi connectivity index (χ2n) is 8.39. The van der Waals surface area contributed by atoms with Gasteiger partial charge < -0.3 is 15.0 Å². The van der Waals surface area contributed by atoms with Crippen LogP contribution in [-0.2, 0) is 16.0 Å². The molecule has 0 spiro atoms. The van der Waals surface area contributed by atoms with Crippen LogP contribution in [0.1, 0.15) is 39.2 Å². The molecule has 1 aromatic rings. The first-order chi connectivity index (χ1) is 14.8. The predicted octanol–water partition coefficient (Wildman–Crippen LogP) is 2.03. The van der Waals surface area contributed by atoms with E-state index in [1.165, 1.54) is 0 Å². The summed E-state index contributed by atoms with van der Waals surface area (Å²) < 4.78 is 5.16. The van der Waals surface area contributed by atoms with Crippen molar-refractivity contribution in [3.8, 4) is 5.75 Å². The first kappa shape index (κ1) is 24.7. The molecule has 2 rings (SSSR count). The molecule has 1 aromatic carbocycles. The summed E-state index contributed by atoms with van der Waals surface area (Å²) in [7, 11) is 1.63. The predicted molar refractivity (Wildman–Crippen MR) is 120 cm³/mol. The minimum Gasteiger partial charge on any atom is -0.497 e. The Bertz CT molecular complexity index is 736. The first-order valence-electron chi connectivity index (χ1n) is 11.0. The Hall–Kier alpha value is -2.61. The number of urea groups is 1. The zero-order valence-electron chi connectivity index (χ0n) is 19.1. The third kappa shape index (κ3) is 8.20. The zero-order chi connectivity index (χ0) is 22.8. The summed E-state index contributed by atoms with van der Waals surface area (Å²) in [6, 6.07) is 6.87. The molecule has 1 atom stereocenters. The highest BCUT2D eigenvalue weighted by atomic mass is 16.5. The van der Waals surface area contributed by atoms with E-state index in [0.717, 1.165) is 17.7 Å². The van der Waals surface area contributed by atoms with Crippen LogP contribution in [0.5, 0.6) is 5.75 Å². The van der Waals surface area contributed by atoms with E-state index in [0.29, 0.717) is 51.5 Å². The Morgan fingerprint density at radius 1 is 1.03 bits per heavy atom. The first-order valence-corrected chi connectivity index (χ1v) is 11.0. The Morgan fingerprint density at radius 3 is 2.39 bits per heavy atom. The average molecular weight is 433 g/mol. The summed E-state index contributed by atoms with van der Waals surface area (Å²) in [5.41, 5.74) is 1.10. The molecule has 0 bridgehead atoms. The monoisotopic (exact) mass is 432 g/mol. The molecule has 1 aliphatic rings. The molecule has 1 unspecified atom stereocenters. The van der Waals surface area contributed by atoms with Crippen LogP contribution in [0.4, 0.5) is 4.79 Å². The highest BCUT2D eigenvalue weighted by Crippen LogP contribution is 2.14. The minimum absolute atomic E-state index is 0.128. The van der Waals surface area contributed by atoms with Crippen molar-refractivity contribution >= 4 is 17.8 Å². The molecule has 4 amide bonds. The maximum absolute atomic E-state index is 12.7. The number of aryl methyl sites for hydroxylation is 1. The van der Waals surface area contributed by atoms with Crippen LogP contribution in [0.15, 0.2) is 24.3 Å². The van der Waals surface area contributed by atoms with Gasteiger partial charge in [-0.25, -0.2) is 4.79 Å². The molecule has 0 aliphatic carbocycles. The number of imide groups is 1. The number of nitrogens with one attached hydrogen (secondary N) is 2. The molecule has 1 fully saturated rings. The van der Waals surface area contributed by atoms with Gasteiger partial charge in [-0.3, -0.25) is 19.8 Å². The van der Waals surface area contributed by atoms with Gasteiger partial charge in [0.05, 0.1) is 13.2 Å². The van der Waals surface area contributed by atoms with Crippen molar-refractivity contribution in [3.05, 3.63) is 29.8 Å². The van der Waals surface area contributed by atoms with Gasteiger partial charge in [0.15, 0.2) is 0 Å². The number of nitrogens with zero attached hydrogens (tertiary/aromatic N) is 2. The van der Waals surface area contributed by atoms with Gasteiger partial charge >= 0.3 is 6.03 Å². The number of hydrogen-bond donors (Lipinski definition) is 2. The number of carbonyl (C=O) groups excluding carboxylic acids is 3. The van der Waals surface area contributed by atoms with Crippen LogP contribution in [0, 0.1) is 5.92 Å². The van der Waals surface area contributed by atoms with Crippen LogP contribution in [0.25, 0.3) is 0 Å². The number of benzene rings is 1. The standard InChI is InChI=1S/C23H36N4O4/c1-17(2)16-24-23(30)25-22(29)18(3)26-12-5-13-27(15-14-26)21(28)11-8-19-6-9-20(31-4)10-7-19/h6-7,9-10,17-18H,5,8,11-16H2,1-4H3,(H2,24,25,29,30). The van der Waals surface area contributed by atoms with E-state index in [-0.39, 0.29) is 11.8 Å². The van der Waals surface area contributed by atoms with E-state index in [2.05, 4.69) is 10.6 Å². The number of ether oxygens (including phenoxy) is 1. The molecule has 31 heavy (non-hydrogen) atoms. The molecule has 0 radical (unpaired) electrons. The summed E-state index contributed by atoms with van der Waals surface area (Å²) in [5, 5.41) is 5.10. The smallest absolute Gasteiger partial charge is 0.321 e. The maximum Gasteiger partial charge on any atom is 0.321 e. The Kier molecular flexibility index (Phi) is 9.78. The highest BCUT2D eigenvalue weighted by Gasteiger charge is 2.26. The van der Waals surface area contributed by atoms with Crippen LogP contribution < -0.4 is 15.4 Å². The summed E-state index contributed by atoms with van der Waals surface area (Å²) in [6.07, 6.45) is 1.94. The largest absolute Gasteiger partial charge is 0.497 e. The Morgan fingerprint density at radius 2 is 1.74 bits per heavy atom. The fourth-order valence-electron chi connectivity index (χ4n) is 3.50. The SMILES string of the molecule is COc1ccc(CCC(=O)N2CCCN(C(C)C(=O)NC(=O)NCC(C)C)CC2)cc1. The molecule has 2 N–H and O–H groups in total. The van der Waals surface area contributed by atoms with Crippen molar-refractivity contribution in [3.63, 3.8) is 0 Å². The fraction of sp³-hybridized carbons (Fsp3) is 0.609. The molecule has 1 saturated heterocycles. The lowest BCUT2D eigenvalue weighted by molar-refractivity contribution is -0.131. The van der Waals surface area contributed by atoms with Gasteiger partial charge in [0, 0.05) is 39.1 Å². The lowest BCUT2D eigenvalue weighted by atomic mass is 10.1. The average Bonchev–Trinajstić information content (AvgIpc) is 3.02. The molecule has 8 heteroatoms. The van der Waals surface area contributed by atoms with E-state index in [9.17, 15) is 14.4 Å². The van der Waals surface area contributed by atoms with E-state index in [1.54, 1.807) is 14.0 Å². The maximum atomic E-state index is 12.7. The molecule has 8 nitrogen and oxygen atoms in total. The second-order valence-corrected chi connectivity index (χ2v) is 8.39. The van der Waals surface area contributed by atoms with Gasteiger partial charge in [-0.2, -0.15) is 0 Å². The van der Waals surface area contributed by atoms with Gasteiger partial charge in [0.2, 0.25) is 11.8 Å². The van der Waals surface area contributed by atoms with Gasteiger partial charge in [-0.1, -0.05) is 26.0 Å². The van der Waals surface area contributed by atoms with Gasteiger partial charge in [0.25, 0.3) is 0 Å². The van der Waals surface area contributed by atoms with Crippen molar-refractivity contribution in [2.24, 2.45) is 5.92 Å². The Labute approximate surface area is 185 Å². The van der Waals surface area contributed by atoms with Crippen LogP contribution in [-0.4, -0.2) is 73.5 Å². The molecular formula is C23H36N4O4. The lowest BCUT2D eigenvalue weighted by Gasteiger charge is -2.26. The van der Waals surface area contributed by atoms with Gasteiger partial charge in [-0.05, 0) is 43.4 Å².